The highest BCUT2D eigenvalue weighted by atomic mass is 16.1. The molecule has 2 aromatic carbocycles. The van der Waals surface area contributed by atoms with E-state index in [9.17, 15) is 4.79 Å². The summed E-state index contributed by atoms with van der Waals surface area (Å²) in [6, 6.07) is 14.5. The van der Waals surface area contributed by atoms with Crippen molar-refractivity contribution in [1.29, 1.82) is 0 Å². The molecule has 0 aliphatic carbocycles. The first-order chi connectivity index (χ1) is 8.70. The molecule has 0 atom stereocenters. The zero-order valence-electron chi connectivity index (χ0n) is 10.5. The van der Waals surface area contributed by atoms with Gasteiger partial charge in [0.15, 0.2) is 5.78 Å². The molecule has 0 amide bonds. The zero-order chi connectivity index (χ0) is 13.0. The normalized spacial score (nSPS) is 11.5. The van der Waals surface area contributed by atoms with Gasteiger partial charge >= 0.3 is 0 Å². The van der Waals surface area contributed by atoms with Gasteiger partial charge in [-0.15, -0.1) is 6.58 Å². The van der Waals surface area contributed by atoms with Crippen LogP contribution in [0.1, 0.15) is 18.9 Å². The van der Waals surface area contributed by atoms with E-state index in [-0.39, 0.29) is 5.78 Å². The standard InChI is InChI=1S/C17H16O/c1-3-6-15(11-13(2)18)17-10-9-14-7-4-5-8-16(14)12-17/h3-5,7-12H,1,6H2,2H3. The van der Waals surface area contributed by atoms with Crippen molar-refractivity contribution in [2.24, 2.45) is 0 Å². The number of benzene rings is 2. The van der Waals surface area contributed by atoms with E-state index in [1.807, 2.05) is 18.2 Å². The van der Waals surface area contributed by atoms with Crippen molar-refractivity contribution in [3.8, 4) is 0 Å². The van der Waals surface area contributed by atoms with Crippen LogP contribution in [-0.4, -0.2) is 5.78 Å². The summed E-state index contributed by atoms with van der Waals surface area (Å²) in [5.74, 6) is 0.0695. The predicted molar refractivity (Wildman–Crippen MR) is 77.4 cm³/mol. The second-order valence-corrected chi connectivity index (χ2v) is 4.33. The second kappa shape index (κ2) is 5.46. The lowest BCUT2D eigenvalue weighted by molar-refractivity contribution is -0.112. The molecule has 0 aliphatic heterocycles. The third-order valence-corrected chi connectivity index (χ3v) is 2.86. The summed E-state index contributed by atoms with van der Waals surface area (Å²) in [6.45, 7) is 5.32. The molecule has 0 saturated heterocycles. The Morgan fingerprint density at radius 2 is 1.89 bits per heavy atom. The van der Waals surface area contributed by atoms with Crippen LogP contribution in [0, 0.1) is 0 Å². The molecule has 2 aromatic rings. The first kappa shape index (κ1) is 12.3. The molecule has 0 aromatic heterocycles. The van der Waals surface area contributed by atoms with Crippen LogP contribution in [0.25, 0.3) is 16.3 Å². The molecule has 0 radical (unpaired) electrons. The summed E-state index contributed by atoms with van der Waals surface area (Å²) in [6.07, 6.45) is 4.22. The van der Waals surface area contributed by atoms with Crippen molar-refractivity contribution in [3.05, 3.63) is 66.8 Å². The molecule has 0 unspecified atom stereocenters. The van der Waals surface area contributed by atoms with E-state index >= 15 is 0 Å². The minimum absolute atomic E-state index is 0.0695. The van der Waals surface area contributed by atoms with Gasteiger partial charge in [-0.1, -0.05) is 42.5 Å². The minimum Gasteiger partial charge on any atom is -0.295 e. The van der Waals surface area contributed by atoms with E-state index in [1.54, 1.807) is 13.0 Å². The fraction of sp³-hybridized carbons (Fsp3) is 0.118. The van der Waals surface area contributed by atoms with Crippen LogP contribution in [0.15, 0.2) is 61.2 Å². The largest absolute Gasteiger partial charge is 0.295 e. The summed E-state index contributed by atoms with van der Waals surface area (Å²) in [5, 5.41) is 2.40. The van der Waals surface area contributed by atoms with Crippen LogP contribution in [0.3, 0.4) is 0 Å². The Labute approximate surface area is 107 Å². The number of hydrogen-bond acceptors (Lipinski definition) is 1. The van der Waals surface area contributed by atoms with E-state index in [1.165, 1.54) is 10.8 Å². The fourth-order valence-electron chi connectivity index (χ4n) is 2.05. The van der Waals surface area contributed by atoms with Crippen LogP contribution in [0.4, 0.5) is 0 Å². The lowest BCUT2D eigenvalue weighted by Gasteiger charge is -2.06. The van der Waals surface area contributed by atoms with Gasteiger partial charge in [0.2, 0.25) is 0 Å². The Morgan fingerprint density at radius 3 is 2.56 bits per heavy atom. The van der Waals surface area contributed by atoms with Crippen LogP contribution in [0.2, 0.25) is 0 Å². The van der Waals surface area contributed by atoms with Gasteiger partial charge in [-0.25, -0.2) is 0 Å². The number of rotatable bonds is 4. The van der Waals surface area contributed by atoms with Crippen LogP contribution in [-0.2, 0) is 4.79 Å². The molecule has 0 fully saturated rings. The highest BCUT2D eigenvalue weighted by Gasteiger charge is 2.02. The van der Waals surface area contributed by atoms with Crippen molar-refractivity contribution in [1.82, 2.24) is 0 Å². The summed E-state index contributed by atoms with van der Waals surface area (Å²) >= 11 is 0. The number of ketones is 1. The second-order valence-electron chi connectivity index (χ2n) is 4.33. The van der Waals surface area contributed by atoms with Gasteiger partial charge in [0.05, 0.1) is 0 Å². The van der Waals surface area contributed by atoms with Crippen molar-refractivity contribution < 1.29 is 4.79 Å². The van der Waals surface area contributed by atoms with Crippen molar-refractivity contribution >= 4 is 22.1 Å². The third-order valence-electron chi connectivity index (χ3n) is 2.86. The molecule has 0 N–H and O–H groups in total. The Morgan fingerprint density at radius 1 is 1.17 bits per heavy atom. The van der Waals surface area contributed by atoms with Crippen LogP contribution < -0.4 is 0 Å². The van der Waals surface area contributed by atoms with Gasteiger partial charge in [0.1, 0.15) is 0 Å². The van der Waals surface area contributed by atoms with E-state index in [0.29, 0.717) is 6.42 Å². The van der Waals surface area contributed by atoms with Gasteiger partial charge in [0, 0.05) is 0 Å². The average molecular weight is 236 g/mol. The molecule has 0 heterocycles. The number of hydrogen-bond donors (Lipinski definition) is 0. The molecule has 18 heavy (non-hydrogen) atoms. The van der Waals surface area contributed by atoms with Gasteiger partial charge in [-0.3, -0.25) is 4.79 Å². The van der Waals surface area contributed by atoms with Crippen molar-refractivity contribution in [2.45, 2.75) is 13.3 Å². The molecular weight excluding hydrogens is 220 g/mol. The third kappa shape index (κ3) is 2.75. The zero-order valence-corrected chi connectivity index (χ0v) is 10.5. The lowest BCUT2D eigenvalue weighted by Crippen LogP contribution is -1.89. The quantitative estimate of drug-likeness (QED) is 0.568. The van der Waals surface area contributed by atoms with Crippen LogP contribution >= 0.6 is 0 Å². The highest BCUT2D eigenvalue weighted by Crippen LogP contribution is 2.23. The summed E-state index contributed by atoms with van der Waals surface area (Å²) < 4.78 is 0. The summed E-state index contributed by atoms with van der Waals surface area (Å²) in [5.41, 5.74) is 2.10. The SMILES string of the molecule is C=CCC(=CC(C)=O)c1ccc2ccccc2c1. The Kier molecular flexibility index (Phi) is 3.73. The van der Waals surface area contributed by atoms with Crippen LogP contribution in [0.5, 0.6) is 0 Å². The van der Waals surface area contributed by atoms with Gasteiger partial charge < -0.3 is 0 Å². The van der Waals surface area contributed by atoms with E-state index in [0.717, 1.165) is 11.1 Å². The Bertz CT molecular complexity index is 620. The molecule has 90 valence electrons. The van der Waals surface area contributed by atoms with E-state index in [4.69, 9.17) is 0 Å². The molecular formula is C17H16O. The average Bonchev–Trinajstić information content (AvgIpc) is 2.37. The molecule has 0 aliphatic rings. The highest BCUT2D eigenvalue weighted by molar-refractivity contribution is 5.96. The smallest absolute Gasteiger partial charge is 0.152 e. The number of carbonyl (C=O) groups excluding carboxylic acids is 1. The van der Waals surface area contributed by atoms with Gasteiger partial charge in [-0.05, 0) is 47.4 Å². The first-order valence-electron chi connectivity index (χ1n) is 6.02. The first-order valence-corrected chi connectivity index (χ1v) is 6.02. The molecule has 2 rings (SSSR count). The van der Waals surface area contributed by atoms with Crippen molar-refractivity contribution in [2.75, 3.05) is 0 Å². The Balaban J connectivity index is 2.50. The predicted octanol–water partition coefficient (Wildman–Crippen LogP) is 4.39. The lowest BCUT2D eigenvalue weighted by atomic mass is 9.98. The fourth-order valence-corrected chi connectivity index (χ4v) is 2.05. The number of carbonyl (C=O) groups is 1. The monoisotopic (exact) mass is 236 g/mol. The molecule has 1 heteroatoms. The summed E-state index contributed by atoms with van der Waals surface area (Å²) in [4.78, 5) is 11.3. The number of allylic oxidation sites excluding steroid dienone is 3. The Hall–Kier alpha value is -2.15. The maximum absolute atomic E-state index is 11.3. The minimum atomic E-state index is 0.0695. The molecule has 1 nitrogen and oxygen atoms in total. The number of fused-ring (bicyclic) bond motifs is 1. The van der Waals surface area contributed by atoms with Gasteiger partial charge in [0.25, 0.3) is 0 Å². The molecule has 0 saturated carbocycles. The van der Waals surface area contributed by atoms with Gasteiger partial charge in [-0.2, -0.15) is 0 Å². The van der Waals surface area contributed by atoms with Crippen molar-refractivity contribution in [3.63, 3.8) is 0 Å². The maximum atomic E-state index is 11.3. The van der Waals surface area contributed by atoms with E-state index < -0.39 is 0 Å². The van der Waals surface area contributed by atoms with E-state index in [2.05, 4.69) is 36.9 Å². The molecule has 0 spiro atoms. The molecule has 0 bridgehead atoms. The maximum Gasteiger partial charge on any atom is 0.152 e. The summed E-state index contributed by atoms with van der Waals surface area (Å²) in [7, 11) is 0. The topological polar surface area (TPSA) is 17.1 Å².